The monoisotopic (exact) mass is 383 g/mol. The van der Waals surface area contributed by atoms with Crippen molar-refractivity contribution in [2.45, 2.75) is 19.8 Å². The molecule has 2 aromatic heterocycles. The second-order valence-corrected chi connectivity index (χ2v) is 9.00. The number of carbonyl (C=O) groups is 1. The van der Waals surface area contributed by atoms with Gasteiger partial charge in [0.1, 0.15) is 5.76 Å². The van der Waals surface area contributed by atoms with Crippen molar-refractivity contribution < 1.29 is 17.6 Å². The maximum atomic E-state index is 12.6. The van der Waals surface area contributed by atoms with E-state index >= 15 is 0 Å². The van der Waals surface area contributed by atoms with Gasteiger partial charge in [-0.05, 0) is 24.8 Å². The molecular weight excluding hydrogens is 362 g/mol. The quantitative estimate of drug-likeness (QED) is 0.803. The summed E-state index contributed by atoms with van der Waals surface area (Å²) in [6.07, 6.45) is 2.01. The summed E-state index contributed by atoms with van der Waals surface area (Å²) in [7, 11) is -3.22. The fourth-order valence-electron chi connectivity index (χ4n) is 2.83. The molecule has 9 heteroatoms. The van der Waals surface area contributed by atoms with Crippen LogP contribution in [0.2, 0.25) is 0 Å². The molecule has 3 rings (SSSR count). The zero-order valence-electron chi connectivity index (χ0n) is 14.3. The summed E-state index contributed by atoms with van der Waals surface area (Å²) in [5, 5.41) is 1.95. The highest BCUT2D eigenvalue weighted by Crippen LogP contribution is 2.26. The van der Waals surface area contributed by atoms with Gasteiger partial charge in [-0.15, -0.1) is 11.3 Å². The standard InChI is InChI=1S/C16H21N3O4S2/c1-12-13(17-16(23-12)14-5-3-10-24-14)11-15(20)18-6-4-7-19(9-8-18)25(2,21)22/h3,5,10H,4,6-9,11H2,1-2H3. The fraction of sp³-hybridized carbons (Fsp3) is 0.500. The van der Waals surface area contributed by atoms with Gasteiger partial charge >= 0.3 is 0 Å². The molecule has 7 nitrogen and oxygen atoms in total. The zero-order chi connectivity index (χ0) is 18.0. The lowest BCUT2D eigenvalue weighted by molar-refractivity contribution is -0.130. The number of amides is 1. The summed E-state index contributed by atoms with van der Waals surface area (Å²) in [6, 6.07) is 3.85. The molecule has 0 saturated carbocycles. The number of oxazole rings is 1. The third-order valence-electron chi connectivity index (χ3n) is 4.22. The van der Waals surface area contributed by atoms with Crippen LogP contribution in [0, 0.1) is 6.92 Å². The van der Waals surface area contributed by atoms with Crippen molar-refractivity contribution in [2.24, 2.45) is 0 Å². The number of rotatable bonds is 4. The third kappa shape index (κ3) is 4.28. The molecule has 1 amide bonds. The van der Waals surface area contributed by atoms with Gasteiger partial charge in [0.25, 0.3) is 0 Å². The Morgan fingerprint density at radius 3 is 2.80 bits per heavy atom. The first-order valence-corrected chi connectivity index (χ1v) is 10.8. The molecule has 1 fully saturated rings. The van der Waals surface area contributed by atoms with Crippen LogP contribution in [0.4, 0.5) is 0 Å². The van der Waals surface area contributed by atoms with Gasteiger partial charge in [-0.2, -0.15) is 0 Å². The van der Waals surface area contributed by atoms with Crippen LogP contribution in [-0.4, -0.2) is 60.9 Å². The number of nitrogens with zero attached hydrogens (tertiary/aromatic N) is 3. The van der Waals surface area contributed by atoms with Crippen LogP contribution < -0.4 is 0 Å². The predicted molar refractivity (Wildman–Crippen MR) is 95.9 cm³/mol. The van der Waals surface area contributed by atoms with Gasteiger partial charge < -0.3 is 9.32 Å². The molecular formula is C16H21N3O4S2. The number of hydrogen-bond acceptors (Lipinski definition) is 6. The summed E-state index contributed by atoms with van der Waals surface area (Å²) in [5.74, 6) is 1.13. The first-order chi connectivity index (χ1) is 11.8. The minimum Gasteiger partial charge on any atom is -0.440 e. The number of carbonyl (C=O) groups excluding carboxylic acids is 1. The third-order valence-corrected chi connectivity index (χ3v) is 6.38. The van der Waals surface area contributed by atoms with Gasteiger partial charge in [0, 0.05) is 26.2 Å². The fourth-order valence-corrected chi connectivity index (χ4v) is 4.35. The van der Waals surface area contributed by atoms with E-state index in [9.17, 15) is 13.2 Å². The largest absolute Gasteiger partial charge is 0.440 e. The van der Waals surface area contributed by atoms with E-state index in [0.717, 1.165) is 4.88 Å². The molecule has 0 spiro atoms. The molecule has 0 N–H and O–H groups in total. The van der Waals surface area contributed by atoms with Crippen LogP contribution >= 0.6 is 11.3 Å². The van der Waals surface area contributed by atoms with Crippen molar-refractivity contribution in [3.05, 3.63) is 29.0 Å². The molecule has 0 aromatic carbocycles. The molecule has 1 aliphatic heterocycles. The van der Waals surface area contributed by atoms with E-state index in [0.29, 0.717) is 49.9 Å². The molecule has 1 aliphatic rings. The molecule has 0 bridgehead atoms. The van der Waals surface area contributed by atoms with Gasteiger partial charge in [0.2, 0.25) is 21.8 Å². The van der Waals surface area contributed by atoms with Crippen LogP contribution in [0.5, 0.6) is 0 Å². The Balaban J connectivity index is 1.66. The predicted octanol–water partition coefficient (Wildman–Crippen LogP) is 1.75. The molecule has 0 radical (unpaired) electrons. The first-order valence-electron chi connectivity index (χ1n) is 8.07. The highest BCUT2D eigenvalue weighted by Gasteiger charge is 2.25. The molecule has 0 aliphatic carbocycles. The van der Waals surface area contributed by atoms with E-state index in [4.69, 9.17) is 4.42 Å². The Hall–Kier alpha value is -1.71. The van der Waals surface area contributed by atoms with Crippen molar-refractivity contribution >= 4 is 27.3 Å². The second-order valence-electron chi connectivity index (χ2n) is 6.07. The number of aromatic nitrogens is 1. The van der Waals surface area contributed by atoms with Crippen molar-refractivity contribution in [1.29, 1.82) is 0 Å². The molecule has 0 unspecified atom stereocenters. The van der Waals surface area contributed by atoms with E-state index < -0.39 is 10.0 Å². The van der Waals surface area contributed by atoms with Crippen molar-refractivity contribution in [3.8, 4) is 10.8 Å². The molecule has 3 heterocycles. The summed E-state index contributed by atoms with van der Waals surface area (Å²) < 4.78 is 30.4. The van der Waals surface area contributed by atoms with Gasteiger partial charge in [-0.25, -0.2) is 17.7 Å². The first kappa shape index (κ1) is 18.1. The number of hydrogen-bond donors (Lipinski definition) is 0. The van der Waals surface area contributed by atoms with Gasteiger partial charge in [-0.1, -0.05) is 6.07 Å². The topological polar surface area (TPSA) is 83.7 Å². The molecule has 136 valence electrons. The Labute approximate surface area is 151 Å². The lowest BCUT2D eigenvalue weighted by atomic mass is 10.2. The van der Waals surface area contributed by atoms with E-state index in [-0.39, 0.29) is 12.3 Å². The molecule has 25 heavy (non-hydrogen) atoms. The molecule has 0 atom stereocenters. The Kier molecular flexibility index (Phi) is 5.26. The normalized spacial score (nSPS) is 16.8. The van der Waals surface area contributed by atoms with Gasteiger partial charge in [-0.3, -0.25) is 4.79 Å². The van der Waals surface area contributed by atoms with E-state index in [1.165, 1.54) is 21.9 Å². The van der Waals surface area contributed by atoms with Crippen LogP contribution in [0.1, 0.15) is 17.9 Å². The van der Waals surface area contributed by atoms with Gasteiger partial charge in [0.05, 0.1) is 23.2 Å². The number of aryl methyl sites for hydroxylation is 1. The highest BCUT2D eigenvalue weighted by atomic mass is 32.2. The highest BCUT2D eigenvalue weighted by molar-refractivity contribution is 7.88. The number of thiophene rings is 1. The van der Waals surface area contributed by atoms with Crippen molar-refractivity contribution in [1.82, 2.24) is 14.2 Å². The minimum atomic E-state index is -3.22. The Bertz CT molecular complexity index is 843. The maximum absolute atomic E-state index is 12.6. The minimum absolute atomic E-state index is 0.0514. The average Bonchev–Trinajstić information content (AvgIpc) is 3.10. The summed E-state index contributed by atoms with van der Waals surface area (Å²) in [4.78, 5) is 19.7. The SMILES string of the molecule is Cc1oc(-c2cccs2)nc1CC(=O)N1CCCN(S(C)(=O)=O)CC1. The van der Waals surface area contributed by atoms with E-state index in [2.05, 4.69) is 4.98 Å². The van der Waals surface area contributed by atoms with Gasteiger partial charge in [0.15, 0.2) is 0 Å². The van der Waals surface area contributed by atoms with Crippen LogP contribution in [0.3, 0.4) is 0 Å². The van der Waals surface area contributed by atoms with Crippen LogP contribution in [-0.2, 0) is 21.2 Å². The summed E-state index contributed by atoms with van der Waals surface area (Å²) in [6.45, 7) is 3.55. The zero-order valence-corrected chi connectivity index (χ0v) is 15.9. The second kappa shape index (κ2) is 7.27. The van der Waals surface area contributed by atoms with Crippen LogP contribution in [0.15, 0.2) is 21.9 Å². The lowest BCUT2D eigenvalue weighted by Gasteiger charge is -2.20. The Morgan fingerprint density at radius 2 is 2.12 bits per heavy atom. The number of sulfonamides is 1. The molecule has 1 saturated heterocycles. The van der Waals surface area contributed by atoms with Crippen LogP contribution in [0.25, 0.3) is 10.8 Å². The summed E-state index contributed by atoms with van der Waals surface area (Å²) in [5.41, 5.74) is 0.637. The van der Waals surface area contributed by atoms with E-state index in [1.807, 2.05) is 17.5 Å². The molecule has 2 aromatic rings. The van der Waals surface area contributed by atoms with Crippen molar-refractivity contribution in [2.75, 3.05) is 32.4 Å². The van der Waals surface area contributed by atoms with E-state index in [1.54, 1.807) is 11.8 Å². The summed E-state index contributed by atoms with van der Waals surface area (Å²) >= 11 is 1.54. The maximum Gasteiger partial charge on any atom is 0.236 e. The average molecular weight is 383 g/mol. The van der Waals surface area contributed by atoms with Crippen molar-refractivity contribution in [3.63, 3.8) is 0 Å². The Morgan fingerprint density at radius 1 is 1.32 bits per heavy atom. The smallest absolute Gasteiger partial charge is 0.236 e. The lowest BCUT2D eigenvalue weighted by Crippen LogP contribution is -2.37.